The second kappa shape index (κ2) is 6.39. The summed E-state index contributed by atoms with van der Waals surface area (Å²) < 4.78 is 7.08. The second-order valence-corrected chi connectivity index (χ2v) is 4.29. The highest BCUT2D eigenvalue weighted by molar-refractivity contribution is 5.91. The molecule has 0 fully saturated rings. The van der Waals surface area contributed by atoms with Crippen LogP contribution in [0.5, 0.6) is 0 Å². The van der Waals surface area contributed by atoms with E-state index in [9.17, 15) is 4.79 Å². The van der Waals surface area contributed by atoms with Gasteiger partial charge in [-0.15, -0.1) is 0 Å². The standard InChI is InChI=1S/C12H21N3O2/c1-10(2)17-9-5-6-12(16)14(3)11-7-8-13-15(11)4/h7-8,10H,5-6,9H2,1-4H3. The third kappa shape index (κ3) is 4.19. The SMILES string of the molecule is CC(C)OCCCC(=O)N(C)c1ccnn1C. The summed E-state index contributed by atoms with van der Waals surface area (Å²) in [6, 6.07) is 1.82. The van der Waals surface area contributed by atoms with Crippen molar-refractivity contribution in [3.63, 3.8) is 0 Å². The summed E-state index contributed by atoms with van der Waals surface area (Å²) in [6.45, 7) is 4.61. The molecule has 0 bridgehead atoms. The van der Waals surface area contributed by atoms with Crippen molar-refractivity contribution < 1.29 is 9.53 Å². The van der Waals surface area contributed by atoms with Gasteiger partial charge in [0.2, 0.25) is 5.91 Å². The topological polar surface area (TPSA) is 47.4 Å². The van der Waals surface area contributed by atoms with Crippen molar-refractivity contribution in [2.45, 2.75) is 32.8 Å². The van der Waals surface area contributed by atoms with Crippen LogP contribution in [0.1, 0.15) is 26.7 Å². The minimum atomic E-state index is 0.0842. The summed E-state index contributed by atoms with van der Waals surface area (Å²) in [6.07, 6.45) is 3.15. The number of hydrogen-bond donors (Lipinski definition) is 0. The van der Waals surface area contributed by atoms with E-state index in [2.05, 4.69) is 5.10 Å². The molecule has 0 aliphatic heterocycles. The molecule has 1 rings (SSSR count). The van der Waals surface area contributed by atoms with Crippen LogP contribution in [0.25, 0.3) is 0 Å². The maximum absolute atomic E-state index is 11.9. The number of hydrogen-bond acceptors (Lipinski definition) is 3. The molecule has 0 radical (unpaired) electrons. The summed E-state index contributed by atoms with van der Waals surface area (Å²) in [4.78, 5) is 13.5. The average molecular weight is 239 g/mol. The van der Waals surface area contributed by atoms with E-state index in [1.165, 1.54) is 0 Å². The lowest BCUT2D eigenvalue weighted by Crippen LogP contribution is -2.28. The van der Waals surface area contributed by atoms with Crippen LogP contribution in [0.2, 0.25) is 0 Å². The number of rotatable bonds is 6. The number of amides is 1. The van der Waals surface area contributed by atoms with E-state index in [0.29, 0.717) is 13.0 Å². The maximum Gasteiger partial charge on any atom is 0.227 e. The summed E-state index contributed by atoms with van der Waals surface area (Å²) in [5.74, 6) is 0.890. The minimum Gasteiger partial charge on any atom is -0.379 e. The first-order chi connectivity index (χ1) is 8.02. The van der Waals surface area contributed by atoms with Gasteiger partial charge >= 0.3 is 0 Å². The number of ether oxygens (including phenoxy) is 1. The molecule has 1 aromatic rings. The lowest BCUT2D eigenvalue weighted by Gasteiger charge is -2.17. The fourth-order valence-corrected chi connectivity index (χ4v) is 1.53. The molecule has 5 nitrogen and oxygen atoms in total. The monoisotopic (exact) mass is 239 g/mol. The zero-order valence-corrected chi connectivity index (χ0v) is 11.0. The van der Waals surface area contributed by atoms with E-state index >= 15 is 0 Å². The van der Waals surface area contributed by atoms with Crippen LogP contribution in [0.4, 0.5) is 5.82 Å². The van der Waals surface area contributed by atoms with Crippen molar-refractivity contribution in [1.82, 2.24) is 9.78 Å². The van der Waals surface area contributed by atoms with Crippen molar-refractivity contribution in [2.75, 3.05) is 18.6 Å². The van der Waals surface area contributed by atoms with E-state index in [1.807, 2.05) is 27.0 Å². The Morgan fingerprint density at radius 3 is 2.82 bits per heavy atom. The van der Waals surface area contributed by atoms with Gasteiger partial charge in [-0.25, -0.2) is 0 Å². The van der Waals surface area contributed by atoms with Gasteiger partial charge < -0.3 is 9.64 Å². The van der Waals surface area contributed by atoms with Crippen LogP contribution < -0.4 is 4.90 Å². The van der Waals surface area contributed by atoms with Gasteiger partial charge in [0.25, 0.3) is 0 Å². The molecule has 0 aliphatic rings. The lowest BCUT2D eigenvalue weighted by molar-refractivity contribution is -0.118. The van der Waals surface area contributed by atoms with Gasteiger partial charge in [-0.1, -0.05) is 0 Å². The Morgan fingerprint density at radius 2 is 2.29 bits per heavy atom. The largest absolute Gasteiger partial charge is 0.379 e. The molecule has 0 unspecified atom stereocenters. The van der Waals surface area contributed by atoms with E-state index in [1.54, 1.807) is 22.8 Å². The third-order valence-corrected chi connectivity index (χ3v) is 2.50. The van der Waals surface area contributed by atoms with Gasteiger partial charge in [-0.3, -0.25) is 9.48 Å². The normalized spacial score (nSPS) is 10.9. The predicted molar refractivity (Wildman–Crippen MR) is 66.9 cm³/mol. The summed E-state index contributed by atoms with van der Waals surface area (Å²) in [7, 11) is 3.59. The Labute approximate surface area is 102 Å². The molecule has 0 saturated carbocycles. The van der Waals surface area contributed by atoms with Crippen LogP contribution in [0.15, 0.2) is 12.3 Å². The maximum atomic E-state index is 11.9. The molecule has 0 atom stereocenters. The summed E-state index contributed by atoms with van der Waals surface area (Å²) in [5.41, 5.74) is 0. The first kappa shape index (κ1) is 13.7. The molecule has 0 aromatic carbocycles. The van der Waals surface area contributed by atoms with Crippen LogP contribution in [-0.4, -0.2) is 35.4 Å². The molecule has 5 heteroatoms. The van der Waals surface area contributed by atoms with Gasteiger partial charge in [-0.2, -0.15) is 5.10 Å². The zero-order chi connectivity index (χ0) is 12.8. The van der Waals surface area contributed by atoms with E-state index in [4.69, 9.17) is 4.74 Å². The van der Waals surface area contributed by atoms with Crippen molar-refractivity contribution in [2.24, 2.45) is 7.05 Å². The second-order valence-electron chi connectivity index (χ2n) is 4.29. The first-order valence-electron chi connectivity index (χ1n) is 5.88. The Kier molecular flexibility index (Phi) is 5.15. The molecular weight excluding hydrogens is 218 g/mol. The molecule has 0 spiro atoms. The smallest absolute Gasteiger partial charge is 0.227 e. The van der Waals surface area contributed by atoms with Crippen molar-refractivity contribution in [3.8, 4) is 0 Å². The van der Waals surface area contributed by atoms with Gasteiger partial charge in [0, 0.05) is 33.2 Å². The first-order valence-corrected chi connectivity index (χ1v) is 5.88. The molecule has 1 heterocycles. The van der Waals surface area contributed by atoms with Gasteiger partial charge in [0.15, 0.2) is 0 Å². The molecular formula is C12H21N3O2. The third-order valence-electron chi connectivity index (χ3n) is 2.50. The number of aryl methyl sites for hydroxylation is 1. The molecule has 0 N–H and O–H groups in total. The number of aromatic nitrogens is 2. The summed E-state index contributed by atoms with van der Waals surface area (Å²) in [5, 5.41) is 4.04. The molecule has 1 amide bonds. The lowest BCUT2D eigenvalue weighted by atomic mass is 10.3. The summed E-state index contributed by atoms with van der Waals surface area (Å²) >= 11 is 0. The fraction of sp³-hybridized carbons (Fsp3) is 0.667. The van der Waals surface area contributed by atoms with E-state index in [0.717, 1.165) is 12.2 Å². The Morgan fingerprint density at radius 1 is 1.59 bits per heavy atom. The highest BCUT2D eigenvalue weighted by Gasteiger charge is 2.13. The quantitative estimate of drug-likeness (QED) is 0.708. The zero-order valence-electron chi connectivity index (χ0n) is 11.0. The minimum absolute atomic E-state index is 0.0842. The van der Waals surface area contributed by atoms with Crippen LogP contribution in [-0.2, 0) is 16.6 Å². The number of nitrogens with zero attached hydrogens (tertiary/aromatic N) is 3. The highest BCUT2D eigenvalue weighted by Crippen LogP contribution is 2.11. The highest BCUT2D eigenvalue weighted by atomic mass is 16.5. The molecule has 96 valence electrons. The molecule has 0 saturated heterocycles. The average Bonchev–Trinajstić information content (AvgIpc) is 2.69. The number of carbonyl (C=O) groups excluding carboxylic acids is 1. The van der Waals surface area contributed by atoms with E-state index < -0.39 is 0 Å². The van der Waals surface area contributed by atoms with Crippen LogP contribution in [0, 0.1) is 0 Å². The predicted octanol–water partition coefficient (Wildman–Crippen LogP) is 1.59. The van der Waals surface area contributed by atoms with Crippen LogP contribution >= 0.6 is 0 Å². The Bertz CT molecular complexity index is 360. The van der Waals surface area contributed by atoms with Gasteiger partial charge in [0.1, 0.15) is 5.82 Å². The van der Waals surface area contributed by atoms with Gasteiger partial charge in [-0.05, 0) is 20.3 Å². The fourth-order valence-electron chi connectivity index (χ4n) is 1.53. The molecule has 1 aromatic heterocycles. The van der Waals surface area contributed by atoms with Gasteiger partial charge in [0.05, 0.1) is 12.3 Å². The number of carbonyl (C=O) groups is 1. The molecule has 0 aliphatic carbocycles. The van der Waals surface area contributed by atoms with Crippen LogP contribution in [0.3, 0.4) is 0 Å². The van der Waals surface area contributed by atoms with Crippen molar-refractivity contribution in [1.29, 1.82) is 0 Å². The number of anilines is 1. The van der Waals surface area contributed by atoms with Crippen molar-refractivity contribution >= 4 is 11.7 Å². The van der Waals surface area contributed by atoms with E-state index in [-0.39, 0.29) is 12.0 Å². The Hall–Kier alpha value is -1.36. The Balaban J connectivity index is 2.35. The molecule has 17 heavy (non-hydrogen) atoms. The van der Waals surface area contributed by atoms with Crippen molar-refractivity contribution in [3.05, 3.63) is 12.3 Å².